The topological polar surface area (TPSA) is 86.8 Å². The van der Waals surface area contributed by atoms with Crippen LogP contribution in [0.2, 0.25) is 5.02 Å². The number of halogens is 1. The van der Waals surface area contributed by atoms with Crippen LogP contribution in [0.25, 0.3) is 0 Å². The van der Waals surface area contributed by atoms with Gasteiger partial charge in [0.25, 0.3) is 10.0 Å². The first-order valence-electron chi connectivity index (χ1n) is 13.3. The fourth-order valence-electron chi connectivity index (χ4n) is 4.13. The minimum Gasteiger partial charge on any atom is -0.354 e. The van der Waals surface area contributed by atoms with Crippen LogP contribution in [-0.2, 0) is 26.2 Å². The number of hydrogen-bond acceptors (Lipinski definition) is 4. The third-order valence-corrected chi connectivity index (χ3v) is 8.66. The second-order valence-electron chi connectivity index (χ2n) is 10.6. The van der Waals surface area contributed by atoms with Gasteiger partial charge in [0.2, 0.25) is 11.8 Å². The highest BCUT2D eigenvalue weighted by atomic mass is 35.5. The average Bonchev–Trinajstić information content (AvgIpc) is 2.91. The Kier molecular flexibility index (Phi) is 10.4. The van der Waals surface area contributed by atoms with Gasteiger partial charge in [0.1, 0.15) is 12.6 Å². The highest BCUT2D eigenvalue weighted by molar-refractivity contribution is 7.92. The zero-order valence-corrected chi connectivity index (χ0v) is 25.5. The van der Waals surface area contributed by atoms with Crippen molar-refractivity contribution in [2.75, 3.05) is 17.4 Å². The van der Waals surface area contributed by atoms with Gasteiger partial charge in [-0.25, -0.2) is 8.42 Å². The van der Waals surface area contributed by atoms with E-state index in [1.54, 1.807) is 44.2 Å². The Balaban J connectivity index is 2.05. The van der Waals surface area contributed by atoms with Crippen molar-refractivity contribution in [1.82, 2.24) is 10.2 Å². The molecule has 3 aromatic carbocycles. The molecule has 0 aromatic heterocycles. The lowest BCUT2D eigenvalue weighted by Crippen LogP contribution is -2.51. The molecule has 0 aliphatic carbocycles. The van der Waals surface area contributed by atoms with Gasteiger partial charge in [0.15, 0.2) is 0 Å². The number of amides is 2. The molecule has 0 aliphatic rings. The van der Waals surface area contributed by atoms with E-state index in [4.69, 9.17) is 11.6 Å². The van der Waals surface area contributed by atoms with Crippen LogP contribution in [0, 0.1) is 26.7 Å². The number of benzene rings is 3. The van der Waals surface area contributed by atoms with Crippen molar-refractivity contribution in [3.63, 3.8) is 0 Å². The molecule has 1 N–H and O–H groups in total. The highest BCUT2D eigenvalue weighted by Crippen LogP contribution is 2.30. The molecule has 1 atom stereocenters. The van der Waals surface area contributed by atoms with Gasteiger partial charge in [-0.2, -0.15) is 0 Å². The molecule has 0 unspecified atom stereocenters. The van der Waals surface area contributed by atoms with E-state index in [-0.39, 0.29) is 23.3 Å². The van der Waals surface area contributed by atoms with Crippen LogP contribution >= 0.6 is 11.6 Å². The van der Waals surface area contributed by atoms with Gasteiger partial charge in [-0.1, -0.05) is 79.0 Å². The molecule has 0 aliphatic heterocycles. The molecule has 0 fully saturated rings. The molecule has 7 nitrogen and oxygen atoms in total. The summed E-state index contributed by atoms with van der Waals surface area (Å²) in [6, 6.07) is 18.2. The quantitative estimate of drug-likeness (QED) is 0.316. The molecule has 0 bridgehead atoms. The smallest absolute Gasteiger partial charge is 0.264 e. The predicted molar refractivity (Wildman–Crippen MR) is 161 cm³/mol. The number of sulfonamides is 1. The number of aryl methyl sites for hydroxylation is 3. The van der Waals surface area contributed by atoms with Crippen LogP contribution in [0.15, 0.2) is 71.6 Å². The molecule has 40 heavy (non-hydrogen) atoms. The lowest BCUT2D eigenvalue weighted by molar-refractivity contribution is -0.139. The van der Waals surface area contributed by atoms with Gasteiger partial charge in [-0.3, -0.25) is 13.9 Å². The molecule has 214 valence electrons. The lowest BCUT2D eigenvalue weighted by atomic mass is 10.1. The summed E-state index contributed by atoms with van der Waals surface area (Å²) in [7, 11) is -4.16. The number of rotatable bonds is 11. The zero-order valence-electron chi connectivity index (χ0n) is 23.9. The van der Waals surface area contributed by atoms with E-state index in [1.807, 2.05) is 52.0 Å². The van der Waals surface area contributed by atoms with E-state index in [2.05, 4.69) is 5.32 Å². The van der Waals surface area contributed by atoms with Crippen molar-refractivity contribution < 1.29 is 18.0 Å². The number of carbonyl (C=O) groups is 2. The summed E-state index contributed by atoms with van der Waals surface area (Å²) in [5.74, 6) is -0.581. The molecule has 0 spiro atoms. The second kappa shape index (κ2) is 13.3. The van der Waals surface area contributed by atoms with Crippen molar-refractivity contribution in [1.29, 1.82) is 0 Å². The number of nitrogens with zero attached hydrogens (tertiary/aromatic N) is 2. The third-order valence-electron chi connectivity index (χ3n) is 6.65. The molecule has 3 aromatic rings. The summed E-state index contributed by atoms with van der Waals surface area (Å²) in [5, 5.41) is 3.24. The van der Waals surface area contributed by atoms with E-state index in [0.29, 0.717) is 22.8 Å². The Morgan fingerprint density at radius 1 is 0.875 bits per heavy atom. The number of nitrogens with one attached hydrogen (secondary N) is 1. The van der Waals surface area contributed by atoms with E-state index < -0.39 is 28.5 Å². The van der Waals surface area contributed by atoms with Gasteiger partial charge in [0, 0.05) is 18.1 Å². The van der Waals surface area contributed by atoms with E-state index in [1.165, 1.54) is 17.0 Å². The monoisotopic (exact) mass is 583 g/mol. The maximum absolute atomic E-state index is 14.0. The maximum Gasteiger partial charge on any atom is 0.264 e. The first kappa shape index (κ1) is 31.2. The summed E-state index contributed by atoms with van der Waals surface area (Å²) >= 11 is 6.28. The maximum atomic E-state index is 14.0. The van der Waals surface area contributed by atoms with Crippen LogP contribution in [0.5, 0.6) is 0 Å². The van der Waals surface area contributed by atoms with Gasteiger partial charge in [0.05, 0.1) is 10.6 Å². The first-order valence-corrected chi connectivity index (χ1v) is 15.1. The summed E-state index contributed by atoms with van der Waals surface area (Å²) in [6.07, 6.45) is 0. The fraction of sp³-hybridized carbons (Fsp3) is 0.355. The minimum absolute atomic E-state index is 0.0538. The van der Waals surface area contributed by atoms with Crippen LogP contribution in [0.1, 0.15) is 43.0 Å². The molecule has 0 saturated carbocycles. The number of carbonyl (C=O) groups excluding carboxylic acids is 2. The van der Waals surface area contributed by atoms with Crippen LogP contribution in [0.4, 0.5) is 5.69 Å². The largest absolute Gasteiger partial charge is 0.354 e. The summed E-state index contributed by atoms with van der Waals surface area (Å²) < 4.78 is 29.0. The molecule has 0 heterocycles. The van der Waals surface area contributed by atoms with Crippen molar-refractivity contribution in [2.45, 2.75) is 59.0 Å². The Bertz CT molecular complexity index is 1440. The van der Waals surface area contributed by atoms with Gasteiger partial charge in [-0.15, -0.1) is 0 Å². The number of hydrogen-bond donors (Lipinski definition) is 1. The molecular formula is C31H38ClN3O4S. The van der Waals surface area contributed by atoms with Crippen molar-refractivity contribution in [3.8, 4) is 0 Å². The van der Waals surface area contributed by atoms with E-state index in [0.717, 1.165) is 21.0 Å². The molecule has 3 rings (SSSR count). The van der Waals surface area contributed by atoms with Gasteiger partial charge >= 0.3 is 0 Å². The summed E-state index contributed by atoms with van der Waals surface area (Å²) in [5.41, 5.74) is 3.74. The third kappa shape index (κ3) is 7.86. The van der Waals surface area contributed by atoms with Crippen molar-refractivity contribution >= 4 is 39.1 Å². The Morgan fingerprint density at radius 2 is 1.45 bits per heavy atom. The van der Waals surface area contributed by atoms with Crippen molar-refractivity contribution in [3.05, 3.63) is 94.0 Å². The second-order valence-corrected chi connectivity index (χ2v) is 12.9. The molecule has 0 radical (unpaired) electrons. The first-order chi connectivity index (χ1) is 18.8. The molecule has 9 heteroatoms. The number of anilines is 1. The Labute approximate surface area is 243 Å². The van der Waals surface area contributed by atoms with Crippen LogP contribution in [0.3, 0.4) is 0 Å². The standard InChI is InChI=1S/C31H38ClN3O4S/c1-21(2)18-33-31(37)25(6)34(19-26-12-7-22(3)8-13-26)30(36)20-35(29-17-27(32)14-11-24(29)5)40(38,39)28-15-9-23(4)10-16-28/h7-17,21,25H,18-20H2,1-6H3,(H,33,37)/t25-/m0/s1. The highest BCUT2D eigenvalue weighted by Gasteiger charge is 2.33. The Morgan fingerprint density at radius 3 is 2.02 bits per heavy atom. The zero-order chi connectivity index (χ0) is 29.6. The van der Waals surface area contributed by atoms with E-state index >= 15 is 0 Å². The van der Waals surface area contributed by atoms with Gasteiger partial charge in [-0.05, 0) is 69.0 Å². The lowest BCUT2D eigenvalue weighted by Gasteiger charge is -2.32. The minimum atomic E-state index is -4.16. The van der Waals surface area contributed by atoms with Gasteiger partial charge < -0.3 is 10.2 Å². The van der Waals surface area contributed by atoms with Crippen molar-refractivity contribution in [2.24, 2.45) is 5.92 Å². The van der Waals surface area contributed by atoms with Crippen LogP contribution in [-0.4, -0.2) is 44.3 Å². The SMILES string of the molecule is Cc1ccc(CN(C(=O)CN(c2cc(Cl)ccc2C)S(=O)(=O)c2ccc(C)cc2)[C@@H](C)C(=O)NCC(C)C)cc1. The summed E-state index contributed by atoms with van der Waals surface area (Å²) in [6.45, 7) is 11.3. The average molecular weight is 584 g/mol. The normalized spacial score (nSPS) is 12.2. The Hall–Kier alpha value is -3.36. The molecule has 2 amide bonds. The summed E-state index contributed by atoms with van der Waals surface area (Å²) in [4.78, 5) is 28.6. The molecular weight excluding hydrogens is 546 g/mol. The predicted octanol–water partition coefficient (Wildman–Crippen LogP) is 5.65. The van der Waals surface area contributed by atoms with E-state index in [9.17, 15) is 18.0 Å². The molecule has 0 saturated heterocycles. The van der Waals surface area contributed by atoms with Crippen LogP contribution < -0.4 is 9.62 Å². The fourth-order valence-corrected chi connectivity index (χ4v) is 5.76.